The Balaban J connectivity index is 1.77. The van der Waals surface area contributed by atoms with Crippen molar-refractivity contribution in [3.05, 3.63) is 30.1 Å². The molecule has 1 aliphatic rings. The molecule has 1 aliphatic heterocycles. The van der Waals surface area contributed by atoms with E-state index in [2.05, 4.69) is 23.5 Å². The zero-order chi connectivity index (χ0) is 17.7. The molecule has 1 aromatic rings. The molecule has 1 saturated heterocycles. The van der Waals surface area contributed by atoms with Crippen molar-refractivity contribution < 1.29 is 17.5 Å². The Kier molecular flexibility index (Phi) is 6.60. The van der Waals surface area contributed by atoms with Gasteiger partial charge in [-0.3, -0.25) is 0 Å². The van der Waals surface area contributed by atoms with Crippen molar-refractivity contribution in [3.63, 3.8) is 0 Å². The van der Waals surface area contributed by atoms with Gasteiger partial charge in [0.15, 0.2) is 0 Å². The van der Waals surface area contributed by atoms with E-state index < -0.39 is 10.0 Å². The fourth-order valence-electron chi connectivity index (χ4n) is 3.18. The first-order valence-electron chi connectivity index (χ1n) is 8.32. The smallest absolute Gasteiger partial charge is 0.209 e. The molecule has 0 spiro atoms. The topological polar surface area (TPSA) is 58.6 Å². The second kappa shape index (κ2) is 8.27. The van der Waals surface area contributed by atoms with Crippen LogP contribution < -0.4 is 9.46 Å². The van der Waals surface area contributed by atoms with Gasteiger partial charge in [0.25, 0.3) is 0 Å². The maximum absolute atomic E-state index is 12.8. The minimum absolute atomic E-state index is 0.0296. The van der Waals surface area contributed by atoms with Gasteiger partial charge in [0, 0.05) is 25.7 Å². The number of hydrogen-bond donors (Lipinski definition) is 1. The van der Waals surface area contributed by atoms with Gasteiger partial charge in [0.1, 0.15) is 11.6 Å². The highest BCUT2D eigenvalue weighted by molar-refractivity contribution is 7.88. The molecule has 0 aliphatic carbocycles. The number of nitrogens with one attached hydrogen (secondary N) is 1. The summed E-state index contributed by atoms with van der Waals surface area (Å²) in [5, 5.41) is 0. The molecular weight excluding hydrogens is 331 g/mol. The number of halogens is 1. The lowest BCUT2D eigenvalue weighted by atomic mass is 9.92. The summed E-state index contributed by atoms with van der Waals surface area (Å²) in [5.41, 5.74) is 0. The molecule has 7 heteroatoms. The molecule has 0 amide bonds. The van der Waals surface area contributed by atoms with Crippen molar-refractivity contribution in [3.8, 4) is 5.75 Å². The second-order valence-electron chi connectivity index (χ2n) is 6.82. The standard InChI is InChI=1S/C17H27FN2O3S/c1-13(2)16-11-20(12-17(16)19-24(3,21)22)9-4-10-23-15-7-5-14(18)6-8-15/h5-8,13,16-17,19H,4,9-12H2,1-3H3/t16-,17+/m0/s1. The highest BCUT2D eigenvalue weighted by Crippen LogP contribution is 2.25. The monoisotopic (exact) mass is 358 g/mol. The predicted octanol–water partition coefficient (Wildman–Crippen LogP) is 2.10. The summed E-state index contributed by atoms with van der Waals surface area (Å²) in [4.78, 5) is 2.28. The number of benzene rings is 1. The van der Waals surface area contributed by atoms with E-state index in [1.807, 2.05) is 0 Å². The lowest BCUT2D eigenvalue weighted by Gasteiger charge is -2.21. The number of nitrogens with zero attached hydrogens (tertiary/aromatic N) is 1. The minimum Gasteiger partial charge on any atom is -0.494 e. The van der Waals surface area contributed by atoms with E-state index >= 15 is 0 Å². The number of likely N-dealkylation sites (tertiary alicyclic amines) is 1. The van der Waals surface area contributed by atoms with E-state index in [0.29, 0.717) is 24.2 Å². The van der Waals surface area contributed by atoms with Gasteiger partial charge in [0.05, 0.1) is 12.9 Å². The van der Waals surface area contributed by atoms with Crippen LogP contribution in [0.15, 0.2) is 24.3 Å². The third kappa shape index (κ3) is 6.03. The molecule has 5 nitrogen and oxygen atoms in total. The van der Waals surface area contributed by atoms with Crippen molar-refractivity contribution in [2.24, 2.45) is 11.8 Å². The van der Waals surface area contributed by atoms with Gasteiger partial charge in [-0.1, -0.05) is 13.8 Å². The average molecular weight is 358 g/mol. The molecule has 0 radical (unpaired) electrons. The molecule has 24 heavy (non-hydrogen) atoms. The van der Waals surface area contributed by atoms with Gasteiger partial charge in [-0.25, -0.2) is 17.5 Å². The summed E-state index contributed by atoms with van der Waals surface area (Å²) in [7, 11) is -3.19. The largest absolute Gasteiger partial charge is 0.494 e. The Labute approximate surface area is 144 Å². The normalized spacial score (nSPS) is 22.2. The number of hydrogen-bond acceptors (Lipinski definition) is 4. The first kappa shape index (κ1) is 19.1. The molecular formula is C17H27FN2O3S. The van der Waals surface area contributed by atoms with Crippen molar-refractivity contribution in [1.82, 2.24) is 9.62 Å². The van der Waals surface area contributed by atoms with Gasteiger partial charge >= 0.3 is 0 Å². The number of ether oxygens (including phenoxy) is 1. The summed E-state index contributed by atoms with van der Waals surface area (Å²) >= 11 is 0. The SMILES string of the molecule is CC(C)[C@@H]1CN(CCCOc2ccc(F)cc2)C[C@H]1NS(C)(=O)=O. The zero-order valence-electron chi connectivity index (χ0n) is 14.5. The van der Waals surface area contributed by atoms with Crippen molar-refractivity contribution in [2.75, 3.05) is 32.5 Å². The molecule has 2 atom stereocenters. The van der Waals surface area contributed by atoms with Gasteiger partial charge < -0.3 is 9.64 Å². The van der Waals surface area contributed by atoms with Crippen LogP contribution in [-0.2, 0) is 10.0 Å². The summed E-state index contributed by atoms with van der Waals surface area (Å²) in [6.45, 7) is 7.28. The lowest BCUT2D eigenvalue weighted by Crippen LogP contribution is -2.41. The Morgan fingerprint density at radius 3 is 2.54 bits per heavy atom. The Morgan fingerprint density at radius 1 is 1.29 bits per heavy atom. The van der Waals surface area contributed by atoms with Crippen LogP contribution in [0.5, 0.6) is 5.75 Å². The molecule has 0 bridgehead atoms. The van der Waals surface area contributed by atoms with Crippen LogP contribution in [0.3, 0.4) is 0 Å². The summed E-state index contributed by atoms with van der Waals surface area (Å²) < 4.78 is 44.2. The van der Waals surface area contributed by atoms with E-state index in [9.17, 15) is 12.8 Å². The van der Waals surface area contributed by atoms with Crippen molar-refractivity contribution >= 4 is 10.0 Å². The first-order chi connectivity index (χ1) is 11.2. The van der Waals surface area contributed by atoms with Gasteiger partial charge in [-0.15, -0.1) is 0 Å². The fourth-order valence-corrected chi connectivity index (χ4v) is 3.98. The van der Waals surface area contributed by atoms with Gasteiger partial charge in [0.2, 0.25) is 10.0 Å². The third-order valence-corrected chi connectivity index (χ3v) is 5.09. The Bertz CT molecular complexity index is 619. The maximum atomic E-state index is 12.8. The summed E-state index contributed by atoms with van der Waals surface area (Å²) in [6.07, 6.45) is 2.05. The van der Waals surface area contributed by atoms with Crippen LogP contribution >= 0.6 is 0 Å². The predicted molar refractivity (Wildman–Crippen MR) is 93.0 cm³/mol. The zero-order valence-corrected chi connectivity index (χ0v) is 15.4. The number of sulfonamides is 1. The quantitative estimate of drug-likeness (QED) is 0.723. The molecule has 0 aromatic heterocycles. The minimum atomic E-state index is -3.19. The van der Waals surface area contributed by atoms with E-state index in [1.165, 1.54) is 18.4 Å². The van der Waals surface area contributed by atoms with Crippen LogP contribution in [0.2, 0.25) is 0 Å². The van der Waals surface area contributed by atoms with Crippen LogP contribution in [0, 0.1) is 17.7 Å². The molecule has 0 unspecified atom stereocenters. The van der Waals surface area contributed by atoms with Crippen molar-refractivity contribution in [1.29, 1.82) is 0 Å². The molecule has 1 fully saturated rings. The highest BCUT2D eigenvalue weighted by atomic mass is 32.2. The molecule has 136 valence electrons. The Hall–Kier alpha value is -1.18. The number of rotatable bonds is 8. The van der Waals surface area contributed by atoms with E-state index in [4.69, 9.17) is 4.74 Å². The fraction of sp³-hybridized carbons (Fsp3) is 0.647. The molecule has 1 aromatic carbocycles. The summed E-state index contributed by atoms with van der Waals surface area (Å²) in [5.74, 6) is 1.13. The van der Waals surface area contributed by atoms with Crippen LogP contribution in [0.25, 0.3) is 0 Å². The van der Waals surface area contributed by atoms with Gasteiger partial charge in [-0.2, -0.15) is 0 Å². The first-order valence-corrected chi connectivity index (χ1v) is 10.2. The molecule has 2 rings (SSSR count). The van der Waals surface area contributed by atoms with Gasteiger partial charge in [-0.05, 0) is 42.5 Å². The second-order valence-corrected chi connectivity index (χ2v) is 8.60. The van der Waals surface area contributed by atoms with E-state index in [1.54, 1.807) is 12.1 Å². The average Bonchev–Trinajstić information content (AvgIpc) is 2.86. The van der Waals surface area contributed by atoms with Crippen LogP contribution in [0.4, 0.5) is 4.39 Å². The summed E-state index contributed by atoms with van der Waals surface area (Å²) in [6, 6.07) is 5.96. The van der Waals surface area contributed by atoms with E-state index in [0.717, 1.165) is 26.1 Å². The third-order valence-electron chi connectivity index (χ3n) is 4.36. The lowest BCUT2D eigenvalue weighted by molar-refractivity contribution is 0.252. The van der Waals surface area contributed by atoms with Crippen molar-refractivity contribution in [2.45, 2.75) is 26.3 Å². The molecule has 1 heterocycles. The maximum Gasteiger partial charge on any atom is 0.209 e. The molecule has 1 N–H and O–H groups in total. The highest BCUT2D eigenvalue weighted by Gasteiger charge is 2.35. The van der Waals surface area contributed by atoms with E-state index in [-0.39, 0.29) is 11.9 Å². The van der Waals surface area contributed by atoms with Crippen LogP contribution in [0.1, 0.15) is 20.3 Å². The Morgan fingerprint density at radius 2 is 1.96 bits per heavy atom. The molecule has 0 saturated carbocycles. The van der Waals surface area contributed by atoms with Crippen LogP contribution in [-0.4, -0.2) is 51.9 Å².